The van der Waals surface area contributed by atoms with E-state index in [1.807, 2.05) is 18.3 Å². The largest absolute Gasteiger partial charge is 0.381 e. The van der Waals surface area contributed by atoms with Gasteiger partial charge in [-0.2, -0.15) is 0 Å². The molecule has 0 amide bonds. The molecule has 18 heavy (non-hydrogen) atoms. The smallest absolute Gasteiger partial charge is 0.137 e. The van der Waals surface area contributed by atoms with E-state index < -0.39 is 0 Å². The van der Waals surface area contributed by atoms with Gasteiger partial charge in [0, 0.05) is 30.5 Å². The highest BCUT2D eigenvalue weighted by molar-refractivity contribution is 6.30. The van der Waals surface area contributed by atoms with Crippen LogP contribution in [0.5, 0.6) is 0 Å². The quantitative estimate of drug-likeness (QED) is 0.730. The van der Waals surface area contributed by atoms with Crippen molar-refractivity contribution >= 4 is 17.2 Å². The number of halogens is 1. The van der Waals surface area contributed by atoms with Gasteiger partial charge >= 0.3 is 0 Å². The van der Waals surface area contributed by atoms with Crippen molar-refractivity contribution in [2.75, 3.05) is 13.2 Å². The normalized spacial score (nSPS) is 21.6. The Morgan fingerprint density at radius 1 is 1.22 bits per heavy atom. The van der Waals surface area contributed by atoms with E-state index in [0.717, 1.165) is 43.1 Å². The first-order valence-corrected chi connectivity index (χ1v) is 6.91. The summed E-state index contributed by atoms with van der Waals surface area (Å²) in [6, 6.07) is 3.92. The molecule has 4 rings (SSSR count). The molecule has 3 heterocycles. The molecule has 1 fully saturated rings. The number of aryl methyl sites for hydroxylation is 1. The molecule has 0 unspecified atom stereocenters. The summed E-state index contributed by atoms with van der Waals surface area (Å²) in [5, 5.41) is 0.774. The molecule has 0 radical (unpaired) electrons. The van der Waals surface area contributed by atoms with E-state index in [1.165, 1.54) is 17.8 Å². The first kappa shape index (κ1) is 10.8. The Bertz CT molecular complexity index is 614. The zero-order chi connectivity index (χ0) is 12.2. The van der Waals surface area contributed by atoms with Crippen molar-refractivity contribution in [2.45, 2.75) is 31.1 Å². The zero-order valence-electron chi connectivity index (χ0n) is 10.2. The molecule has 2 aromatic rings. The summed E-state index contributed by atoms with van der Waals surface area (Å²) in [5.74, 6) is 0. The Morgan fingerprint density at radius 2 is 2.06 bits per heavy atom. The van der Waals surface area contributed by atoms with Crippen molar-refractivity contribution < 1.29 is 4.74 Å². The Hall–Kier alpha value is -1.06. The first-order valence-electron chi connectivity index (χ1n) is 6.53. The molecule has 2 aliphatic rings. The molecule has 1 saturated heterocycles. The lowest BCUT2D eigenvalue weighted by Gasteiger charge is -2.32. The van der Waals surface area contributed by atoms with Crippen molar-refractivity contribution in [1.82, 2.24) is 9.38 Å². The van der Waals surface area contributed by atoms with E-state index in [-0.39, 0.29) is 5.41 Å². The standard InChI is InChI=1S/C14H15ClN2O/c15-10-1-2-12-16-13-11(17(12)9-10)3-4-14(13)5-7-18-8-6-14/h1-2,9H,3-8H2. The topological polar surface area (TPSA) is 26.5 Å². The third-order valence-corrected chi connectivity index (χ3v) is 4.70. The molecule has 4 heteroatoms. The van der Waals surface area contributed by atoms with Crippen LogP contribution >= 0.6 is 11.6 Å². The fraction of sp³-hybridized carbons (Fsp3) is 0.500. The van der Waals surface area contributed by atoms with E-state index in [1.54, 1.807) is 0 Å². The minimum absolute atomic E-state index is 0.270. The summed E-state index contributed by atoms with van der Waals surface area (Å²) in [4.78, 5) is 4.86. The average molecular weight is 263 g/mol. The number of imidazole rings is 1. The molecule has 3 nitrogen and oxygen atoms in total. The fourth-order valence-corrected chi connectivity index (χ4v) is 3.62. The highest BCUT2D eigenvalue weighted by Crippen LogP contribution is 2.45. The second-order valence-electron chi connectivity index (χ2n) is 5.38. The van der Waals surface area contributed by atoms with Crippen LogP contribution in [-0.2, 0) is 16.6 Å². The van der Waals surface area contributed by atoms with Crippen LogP contribution in [0.25, 0.3) is 5.65 Å². The number of rotatable bonds is 0. The maximum atomic E-state index is 6.09. The summed E-state index contributed by atoms with van der Waals surface area (Å²) < 4.78 is 7.68. The molecule has 1 aliphatic heterocycles. The summed E-state index contributed by atoms with van der Waals surface area (Å²) in [6.45, 7) is 1.74. The number of fused-ring (bicyclic) bond motifs is 4. The van der Waals surface area contributed by atoms with E-state index in [0.29, 0.717) is 0 Å². The van der Waals surface area contributed by atoms with E-state index in [9.17, 15) is 0 Å². The van der Waals surface area contributed by atoms with Gasteiger partial charge in [-0.05, 0) is 37.8 Å². The van der Waals surface area contributed by atoms with E-state index in [4.69, 9.17) is 21.3 Å². The van der Waals surface area contributed by atoms with Crippen LogP contribution in [0, 0.1) is 0 Å². The van der Waals surface area contributed by atoms with Crippen molar-refractivity contribution in [3.8, 4) is 0 Å². The van der Waals surface area contributed by atoms with Gasteiger partial charge in [-0.1, -0.05) is 11.6 Å². The molecule has 0 aromatic carbocycles. The number of hydrogen-bond donors (Lipinski definition) is 0. The van der Waals surface area contributed by atoms with Crippen molar-refractivity contribution in [3.05, 3.63) is 34.7 Å². The lowest BCUT2D eigenvalue weighted by molar-refractivity contribution is 0.0494. The lowest BCUT2D eigenvalue weighted by Crippen LogP contribution is -2.31. The van der Waals surface area contributed by atoms with Gasteiger partial charge in [0.1, 0.15) is 5.65 Å². The average Bonchev–Trinajstić information content (AvgIpc) is 2.90. The van der Waals surface area contributed by atoms with Crippen LogP contribution in [0.3, 0.4) is 0 Å². The number of ether oxygens (including phenoxy) is 1. The van der Waals surface area contributed by atoms with Gasteiger partial charge in [-0.25, -0.2) is 4.98 Å². The summed E-state index contributed by atoms with van der Waals surface area (Å²) in [6.07, 6.45) is 6.52. The van der Waals surface area contributed by atoms with Gasteiger partial charge in [0.15, 0.2) is 0 Å². The minimum atomic E-state index is 0.270. The number of hydrogen-bond acceptors (Lipinski definition) is 2. The van der Waals surface area contributed by atoms with Gasteiger partial charge in [0.2, 0.25) is 0 Å². The molecule has 1 spiro atoms. The molecule has 94 valence electrons. The Labute approximate surface area is 111 Å². The summed E-state index contributed by atoms with van der Waals surface area (Å²) in [7, 11) is 0. The highest BCUT2D eigenvalue weighted by atomic mass is 35.5. The molecule has 2 aromatic heterocycles. The first-order chi connectivity index (χ1) is 8.78. The maximum absolute atomic E-state index is 6.09. The summed E-state index contributed by atoms with van der Waals surface area (Å²) >= 11 is 6.09. The van der Waals surface area contributed by atoms with Crippen LogP contribution in [0.4, 0.5) is 0 Å². The monoisotopic (exact) mass is 262 g/mol. The SMILES string of the molecule is Clc1ccc2nc3c(n2c1)CCC31CCOCC1. The van der Waals surface area contributed by atoms with Crippen LogP contribution in [0.15, 0.2) is 18.3 Å². The number of nitrogens with zero attached hydrogens (tertiary/aromatic N) is 2. The van der Waals surface area contributed by atoms with Gasteiger partial charge in [0.05, 0.1) is 10.7 Å². The van der Waals surface area contributed by atoms with Gasteiger partial charge in [-0.3, -0.25) is 0 Å². The second-order valence-corrected chi connectivity index (χ2v) is 5.81. The molecule has 0 atom stereocenters. The number of pyridine rings is 1. The lowest BCUT2D eigenvalue weighted by atomic mass is 9.78. The molecule has 1 aliphatic carbocycles. The minimum Gasteiger partial charge on any atom is -0.381 e. The van der Waals surface area contributed by atoms with Gasteiger partial charge in [-0.15, -0.1) is 0 Å². The third-order valence-electron chi connectivity index (χ3n) is 4.47. The Balaban J connectivity index is 1.91. The Kier molecular flexibility index (Phi) is 2.24. The van der Waals surface area contributed by atoms with Gasteiger partial charge < -0.3 is 9.14 Å². The molecular formula is C14H15ClN2O. The Morgan fingerprint density at radius 3 is 2.89 bits per heavy atom. The van der Waals surface area contributed by atoms with Crippen LogP contribution in [-0.4, -0.2) is 22.6 Å². The van der Waals surface area contributed by atoms with E-state index in [2.05, 4.69) is 4.40 Å². The molecular weight excluding hydrogens is 248 g/mol. The molecule has 0 bridgehead atoms. The molecule has 0 N–H and O–H groups in total. The molecule has 0 saturated carbocycles. The van der Waals surface area contributed by atoms with Gasteiger partial charge in [0.25, 0.3) is 0 Å². The third kappa shape index (κ3) is 1.38. The van der Waals surface area contributed by atoms with Crippen molar-refractivity contribution in [3.63, 3.8) is 0 Å². The maximum Gasteiger partial charge on any atom is 0.137 e. The van der Waals surface area contributed by atoms with Crippen LogP contribution in [0.2, 0.25) is 5.02 Å². The van der Waals surface area contributed by atoms with Crippen molar-refractivity contribution in [1.29, 1.82) is 0 Å². The van der Waals surface area contributed by atoms with Crippen molar-refractivity contribution in [2.24, 2.45) is 0 Å². The van der Waals surface area contributed by atoms with Crippen LogP contribution < -0.4 is 0 Å². The highest BCUT2D eigenvalue weighted by Gasteiger charge is 2.43. The predicted molar refractivity (Wildman–Crippen MR) is 70.3 cm³/mol. The van der Waals surface area contributed by atoms with Crippen LogP contribution in [0.1, 0.15) is 30.7 Å². The predicted octanol–water partition coefficient (Wildman–Crippen LogP) is 2.98. The summed E-state index contributed by atoms with van der Waals surface area (Å²) in [5.41, 5.74) is 3.95. The fourth-order valence-electron chi connectivity index (χ4n) is 3.46. The second kappa shape index (κ2) is 3.72. The number of aromatic nitrogens is 2. The zero-order valence-corrected chi connectivity index (χ0v) is 10.9. The van der Waals surface area contributed by atoms with E-state index >= 15 is 0 Å².